The van der Waals surface area contributed by atoms with E-state index in [1.54, 1.807) is 0 Å². The van der Waals surface area contributed by atoms with E-state index < -0.39 is 0 Å². The first-order valence-corrected chi connectivity index (χ1v) is 8.11. The van der Waals surface area contributed by atoms with Crippen LogP contribution in [-0.2, 0) is 4.74 Å². The van der Waals surface area contributed by atoms with Crippen molar-refractivity contribution in [2.45, 2.75) is 31.2 Å². The Morgan fingerprint density at radius 2 is 1.82 bits per heavy atom. The number of benzene rings is 1. The molecule has 2 aliphatic heterocycles. The molecule has 3 heterocycles. The molecule has 1 atom stereocenters. The van der Waals surface area contributed by atoms with E-state index in [9.17, 15) is 0 Å². The molecule has 2 aromatic rings. The Morgan fingerprint density at radius 3 is 2.64 bits per heavy atom. The van der Waals surface area contributed by atoms with Crippen molar-refractivity contribution >= 4 is 0 Å². The third-order valence-corrected chi connectivity index (χ3v) is 4.74. The van der Waals surface area contributed by atoms with Crippen molar-refractivity contribution in [3.8, 4) is 11.5 Å². The van der Waals surface area contributed by atoms with Crippen LogP contribution in [0.5, 0.6) is 0 Å². The molecule has 1 aromatic carbocycles. The molecule has 2 aliphatic rings. The predicted molar refractivity (Wildman–Crippen MR) is 82.5 cm³/mol. The highest BCUT2D eigenvalue weighted by Crippen LogP contribution is 2.31. The van der Waals surface area contributed by atoms with Crippen LogP contribution in [0.2, 0.25) is 0 Å². The molecule has 2 saturated heterocycles. The van der Waals surface area contributed by atoms with Crippen molar-refractivity contribution < 1.29 is 9.15 Å². The maximum absolute atomic E-state index is 5.92. The highest BCUT2D eigenvalue weighted by molar-refractivity contribution is 5.51. The fourth-order valence-electron chi connectivity index (χ4n) is 3.47. The molecular weight excluding hydrogens is 278 g/mol. The zero-order valence-electron chi connectivity index (χ0n) is 12.6. The van der Waals surface area contributed by atoms with Crippen LogP contribution in [0, 0.1) is 0 Å². The van der Waals surface area contributed by atoms with Gasteiger partial charge in [0.25, 0.3) is 0 Å². The molecule has 4 rings (SSSR count). The van der Waals surface area contributed by atoms with Crippen molar-refractivity contribution in [3.63, 3.8) is 0 Å². The Kier molecular flexibility index (Phi) is 3.91. The quantitative estimate of drug-likeness (QED) is 0.872. The molecule has 0 spiro atoms. The second kappa shape index (κ2) is 6.18. The summed E-state index contributed by atoms with van der Waals surface area (Å²) in [5.74, 6) is 1.78. The summed E-state index contributed by atoms with van der Waals surface area (Å²) in [5.41, 5.74) is 0.987. The van der Waals surface area contributed by atoms with E-state index in [1.807, 2.05) is 30.3 Å². The fraction of sp³-hybridized carbons (Fsp3) is 0.529. The SMILES string of the molecule is c1ccc(-c2nnc([C@H]3CCN(C4CCOCC4)C3)o2)cc1. The second-order valence-corrected chi connectivity index (χ2v) is 6.14. The molecule has 116 valence electrons. The number of aromatic nitrogens is 2. The summed E-state index contributed by atoms with van der Waals surface area (Å²) in [6.45, 7) is 3.94. The molecule has 0 unspecified atom stereocenters. The van der Waals surface area contributed by atoms with Gasteiger partial charge in [-0.2, -0.15) is 0 Å². The van der Waals surface area contributed by atoms with E-state index in [1.165, 1.54) is 0 Å². The Labute approximate surface area is 130 Å². The van der Waals surface area contributed by atoms with Crippen molar-refractivity contribution in [2.75, 3.05) is 26.3 Å². The average molecular weight is 299 g/mol. The Bertz CT molecular complexity index is 607. The van der Waals surface area contributed by atoms with Crippen LogP contribution in [0.25, 0.3) is 11.5 Å². The van der Waals surface area contributed by atoms with Crippen molar-refractivity contribution in [2.24, 2.45) is 0 Å². The molecule has 1 aromatic heterocycles. The minimum absolute atomic E-state index is 0.368. The van der Waals surface area contributed by atoms with Crippen LogP contribution < -0.4 is 0 Å². The predicted octanol–water partition coefficient (Wildman–Crippen LogP) is 2.70. The molecule has 2 fully saturated rings. The molecule has 5 nitrogen and oxygen atoms in total. The Hall–Kier alpha value is -1.72. The summed E-state index contributed by atoms with van der Waals surface area (Å²) in [5, 5.41) is 8.50. The molecular formula is C17H21N3O2. The molecule has 0 saturated carbocycles. The average Bonchev–Trinajstić information content (AvgIpc) is 3.26. The van der Waals surface area contributed by atoms with Gasteiger partial charge in [0, 0.05) is 31.4 Å². The topological polar surface area (TPSA) is 51.4 Å². The van der Waals surface area contributed by atoms with Crippen LogP contribution in [0.15, 0.2) is 34.7 Å². The second-order valence-electron chi connectivity index (χ2n) is 6.14. The molecule has 22 heavy (non-hydrogen) atoms. The van der Waals surface area contributed by atoms with Crippen LogP contribution in [0.3, 0.4) is 0 Å². The van der Waals surface area contributed by atoms with E-state index in [2.05, 4.69) is 15.1 Å². The van der Waals surface area contributed by atoms with Gasteiger partial charge in [0.2, 0.25) is 11.8 Å². The van der Waals surface area contributed by atoms with E-state index >= 15 is 0 Å². The Morgan fingerprint density at radius 1 is 1.00 bits per heavy atom. The molecule has 5 heteroatoms. The smallest absolute Gasteiger partial charge is 0.247 e. The van der Waals surface area contributed by atoms with Crippen molar-refractivity contribution in [1.29, 1.82) is 0 Å². The lowest BCUT2D eigenvalue weighted by atomic mass is 10.1. The molecule has 0 amide bonds. The van der Waals surface area contributed by atoms with Crippen LogP contribution in [0.4, 0.5) is 0 Å². The van der Waals surface area contributed by atoms with E-state index in [-0.39, 0.29) is 0 Å². The van der Waals surface area contributed by atoms with Gasteiger partial charge in [-0.15, -0.1) is 10.2 Å². The van der Waals surface area contributed by atoms with Gasteiger partial charge in [-0.05, 0) is 37.9 Å². The van der Waals surface area contributed by atoms with Gasteiger partial charge >= 0.3 is 0 Å². The summed E-state index contributed by atoms with van der Waals surface area (Å²) in [6.07, 6.45) is 3.39. The Balaban J connectivity index is 1.44. The summed E-state index contributed by atoms with van der Waals surface area (Å²) in [4.78, 5) is 2.57. The number of hydrogen-bond acceptors (Lipinski definition) is 5. The highest BCUT2D eigenvalue weighted by Gasteiger charge is 2.32. The van der Waals surface area contributed by atoms with E-state index in [0.717, 1.165) is 57.0 Å². The molecule has 0 radical (unpaired) electrons. The standard InChI is InChI=1S/C17H21N3O2/c1-2-4-13(5-3-1)16-18-19-17(22-16)14-6-9-20(12-14)15-7-10-21-11-8-15/h1-5,14-15H,6-12H2/t14-/m0/s1. The lowest BCUT2D eigenvalue weighted by Gasteiger charge is -2.30. The monoisotopic (exact) mass is 299 g/mol. The van der Waals surface area contributed by atoms with Crippen molar-refractivity contribution in [3.05, 3.63) is 36.2 Å². The van der Waals surface area contributed by atoms with Crippen molar-refractivity contribution in [1.82, 2.24) is 15.1 Å². The fourth-order valence-corrected chi connectivity index (χ4v) is 3.47. The number of hydrogen-bond donors (Lipinski definition) is 0. The molecule has 0 bridgehead atoms. The number of likely N-dealkylation sites (tertiary alicyclic amines) is 1. The van der Waals surface area contributed by atoms with Gasteiger partial charge in [0.15, 0.2) is 0 Å². The van der Waals surface area contributed by atoms with Gasteiger partial charge < -0.3 is 9.15 Å². The van der Waals surface area contributed by atoms with Gasteiger partial charge in [0.05, 0.1) is 5.92 Å². The third-order valence-electron chi connectivity index (χ3n) is 4.74. The normalized spacial score (nSPS) is 23.9. The minimum Gasteiger partial charge on any atom is -0.420 e. The van der Waals surface area contributed by atoms with Gasteiger partial charge in [-0.1, -0.05) is 18.2 Å². The number of ether oxygens (including phenoxy) is 1. The first kappa shape index (κ1) is 13.9. The zero-order chi connectivity index (χ0) is 14.8. The summed E-state index contributed by atoms with van der Waals surface area (Å²) in [6, 6.07) is 10.6. The van der Waals surface area contributed by atoms with E-state index in [0.29, 0.717) is 17.9 Å². The third kappa shape index (κ3) is 2.78. The zero-order valence-corrected chi connectivity index (χ0v) is 12.6. The molecule has 0 aliphatic carbocycles. The summed E-state index contributed by atoms with van der Waals surface area (Å²) in [7, 11) is 0. The molecule has 0 N–H and O–H groups in total. The maximum atomic E-state index is 5.92. The van der Waals surface area contributed by atoms with Gasteiger partial charge in [0.1, 0.15) is 0 Å². The minimum atomic E-state index is 0.368. The maximum Gasteiger partial charge on any atom is 0.247 e. The van der Waals surface area contributed by atoms with Gasteiger partial charge in [-0.25, -0.2) is 0 Å². The van der Waals surface area contributed by atoms with E-state index in [4.69, 9.17) is 9.15 Å². The first-order valence-electron chi connectivity index (χ1n) is 8.11. The lowest BCUT2D eigenvalue weighted by Crippen LogP contribution is -2.37. The van der Waals surface area contributed by atoms with Crippen LogP contribution >= 0.6 is 0 Å². The lowest BCUT2D eigenvalue weighted by molar-refractivity contribution is 0.0417. The first-order chi connectivity index (χ1) is 10.9. The number of rotatable bonds is 3. The number of nitrogens with zero attached hydrogens (tertiary/aromatic N) is 3. The summed E-state index contributed by atoms with van der Waals surface area (Å²) < 4.78 is 11.4. The van der Waals surface area contributed by atoms with Crippen LogP contribution in [0.1, 0.15) is 31.1 Å². The van der Waals surface area contributed by atoms with Crippen LogP contribution in [-0.4, -0.2) is 47.4 Å². The largest absolute Gasteiger partial charge is 0.420 e. The highest BCUT2D eigenvalue weighted by atomic mass is 16.5. The summed E-state index contributed by atoms with van der Waals surface area (Å²) >= 11 is 0. The van der Waals surface area contributed by atoms with Gasteiger partial charge in [-0.3, -0.25) is 4.90 Å².